The summed E-state index contributed by atoms with van der Waals surface area (Å²) in [5.74, 6) is -1.69. The fourth-order valence-corrected chi connectivity index (χ4v) is 2.77. The highest BCUT2D eigenvalue weighted by Crippen LogP contribution is 2.45. The molecule has 3 N–H and O–H groups in total. The van der Waals surface area contributed by atoms with Gasteiger partial charge in [-0.05, 0) is 37.5 Å². The van der Waals surface area contributed by atoms with Crippen LogP contribution in [0.15, 0.2) is 18.2 Å². The SMILES string of the molecule is CC(O)(CNC(=O)C1(c2ccc(Cl)c(Cl)c2)CCC1)C(=O)O. The number of aliphatic hydroxyl groups is 1. The van der Waals surface area contributed by atoms with Crippen molar-refractivity contribution in [2.45, 2.75) is 37.2 Å². The molecule has 1 aromatic rings. The quantitative estimate of drug-likeness (QED) is 0.764. The van der Waals surface area contributed by atoms with Gasteiger partial charge in [0.2, 0.25) is 5.91 Å². The molecule has 1 saturated carbocycles. The van der Waals surface area contributed by atoms with Crippen molar-refractivity contribution in [2.75, 3.05) is 6.54 Å². The van der Waals surface area contributed by atoms with Crippen molar-refractivity contribution >= 4 is 35.1 Å². The first-order valence-electron chi connectivity index (χ1n) is 6.89. The lowest BCUT2D eigenvalue weighted by Gasteiger charge is -2.41. The number of nitrogens with one attached hydrogen (secondary N) is 1. The van der Waals surface area contributed by atoms with Crippen molar-refractivity contribution in [2.24, 2.45) is 0 Å². The smallest absolute Gasteiger partial charge is 0.337 e. The first-order valence-corrected chi connectivity index (χ1v) is 7.64. The Morgan fingerprint density at radius 1 is 1.32 bits per heavy atom. The molecule has 7 heteroatoms. The number of rotatable bonds is 5. The Labute approximate surface area is 138 Å². The Balaban J connectivity index is 2.18. The van der Waals surface area contributed by atoms with E-state index < -0.39 is 17.0 Å². The molecule has 0 aliphatic heterocycles. The molecule has 1 unspecified atom stereocenters. The van der Waals surface area contributed by atoms with Gasteiger partial charge in [-0.3, -0.25) is 4.79 Å². The van der Waals surface area contributed by atoms with Gasteiger partial charge in [0.25, 0.3) is 0 Å². The van der Waals surface area contributed by atoms with Gasteiger partial charge in [-0.25, -0.2) is 4.79 Å². The van der Waals surface area contributed by atoms with Crippen molar-refractivity contribution < 1.29 is 19.8 Å². The first-order chi connectivity index (χ1) is 10.2. The average Bonchev–Trinajstić information content (AvgIpc) is 2.39. The summed E-state index contributed by atoms with van der Waals surface area (Å²) in [6.45, 7) is 0.784. The summed E-state index contributed by atoms with van der Waals surface area (Å²) >= 11 is 11.9. The molecule has 0 spiro atoms. The molecule has 2 rings (SSSR count). The monoisotopic (exact) mass is 345 g/mol. The highest BCUT2D eigenvalue weighted by Gasteiger charge is 2.46. The minimum Gasteiger partial charge on any atom is -0.479 e. The van der Waals surface area contributed by atoms with E-state index in [1.807, 2.05) is 0 Å². The number of carbonyl (C=O) groups excluding carboxylic acids is 1. The molecule has 0 saturated heterocycles. The largest absolute Gasteiger partial charge is 0.479 e. The number of carboxylic acid groups (broad SMARTS) is 1. The normalized spacial score (nSPS) is 18.9. The third kappa shape index (κ3) is 3.07. The van der Waals surface area contributed by atoms with Crippen LogP contribution < -0.4 is 5.32 Å². The minimum absolute atomic E-state index is 0.307. The van der Waals surface area contributed by atoms with Gasteiger partial charge in [0, 0.05) is 0 Å². The Morgan fingerprint density at radius 2 is 1.95 bits per heavy atom. The number of carbonyl (C=O) groups is 2. The Hall–Kier alpha value is -1.30. The number of hydrogen-bond acceptors (Lipinski definition) is 3. The van der Waals surface area contributed by atoms with Crippen LogP contribution in [0.5, 0.6) is 0 Å². The van der Waals surface area contributed by atoms with E-state index in [9.17, 15) is 14.7 Å². The van der Waals surface area contributed by atoms with Crippen LogP contribution >= 0.6 is 23.2 Å². The van der Waals surface area contributed by atoms with Crippen molar-refractivity contribution in [3.8, 4) is 0 Å². The summed E-state index contributed by atoms with van der Waals surface area (Å²) in [5, 5.41) is 21.9. The van der Waals surface area contributed by atoms with Crippen molar-refractivity contribution in [1.82, 2.24) is 5.32 Å². The summed E-state index contributed by atoms with van der Waals surface area (Å²) < 4.78 is 0. The van der Waals surface area contributed by atoms with Gasteiger partial charge in [0.1, 0.15) is 0 Å². The van der Waals surface area contributed by atoms with Crippen LogP contribution in [0.25, 0.3) is 0 Å². The molecule has 0 aromatic heterocycles. The van der Waals surface area contributed by atoms with Crippen LogP contribution in [0.1, 0.15) is 31.7 Å². The lowest BCUT2D eigenvalue weighted by molar-refractivity contribution is -0.156. The van der Waals surface area contributed by atoms with Crippen LogP contribution in [0.3, 0.4) is 0 Å². The van der Waals surface area contributed by atoms with Crippen LogP contribution in [-0.2, 0) is 15.0 Å². The molecular formula is C15H17Cl2NO4. The molecule has 0 bridgehead atoms. The van der Waals surface area contributed by atoms with Crippen molar-refractivity contribution in [3.63, 3.8) is 0 Å². The summed E-state index contributed by atoms with van der Waals surface area (Å²) in [7, 11) is 0. The zero-order chi connectivity index (χ0) is 16.5. The number of carboxylic acids is 1. The van der Waals surface area contributed by atoms with Gasteiger partial charge >= 0.3 is 5.97 Å². The summed E-state index contributed by atoms with van der Waals surface area (Å²) in [6.07, 6.45) is 2.18. The molecule has 1 aromatic carbocycles. The molecule has 1 atom stereocenters. The first kappa shape index (κ1) is 17.1. The fourth-order valence-electron chi connectivity index (χ4n) is 2.47. The average molecular weight is 346 g/mol. The highest BCUT2D eigenvalue weighted by atomic mass is 35.5. The van der Waals surface area contributed by atoms with E-state index in [0.29, 0.717) is 22.9 Å². The van der Waals surface area contributed by atoms with E-state index in [1.165, 1.54) is 0 Å². The second-order valence-corrected chi connectivity index (χ2v) is 6.64. The highest BCUT2D eigenvalue weighted by molar-refractivity contribution is 6.42. The predicted octanol–water partition coefficient (Wildman–Crippen LogP) is 2.37. The Bertz CT molecular complexity index is 612. The number of amides is 1. The second kappa shape index (κ2) is 6.07. The molecule has 1 aliphatic carbocycles. The molecule has 1 aliphatic rings. The summed E-state index contributed by atoms with van der Waals surface area (Å²) in [6, 6.07) is 5.06. The maximum Gasteiger partial charge on any atom is 0.337 e. The maximum atomic E-state index is 12.5. The lowest BCUT2D eigenvalue weighted by Crippen LogP contribution is -2.54. The molecule has 22 heavy (non-hydrogen) atoms. The van der Waals surface area contributed by atoms with Crippen molar-refractivity contribution in [3.05, 3.63) is 33.8 Å². The van der Waals surface area contributed by atoms with Crippen LogP contribution in [-0.4, -0.2) is 34.2 Å². The summed E-state index contributed by atoms with van der Waals surface area (Å²) in [5.41, 5.74) is -1.98. The van der Waals surface area contributed by atoms with Crippen LogP contribution in [0, 0.1) is 0 Å². The van der Waals surface area contributed by atoms with E-state index in [0.717, 1.165) is 18.9 Å². The Kier molecular flexibility index (Phi) is 4.70. The van der Waals surface area contributed by atoms with E-state index in [-0.39, 0.29) is 12.5 Å². The molecule has 0 radical (unpaired) electrons. The third-order valence-corrected chi connectivity index (χ3v) is 4.91. The van der Waals surface area contributed by atoms with Crippen LogP contribution in [0.2, 0.25) is 10.0 Å². The molecule has 120 valence electrons. The van der Waals surface area contributed by atoms with E-state index in [1.54, 1.807) is 18.2 Å². The molecule has 1 fully saturated rings. The molecular weight excluding hydrogens is 329 g/mol. The standard InChI is InChI=1S/C15H17Cl2NO4/c1-14(22,13(20)21)8-18-12(19)15(5-2-6-15)9-3-4-10(16)11(17)7-9/h3-4,7,22H,2,5-6,8H2,1H3,(H,18,19)(H,20,21). The second-order valence-electron chi connectivity index (χ2n) is 5.83. The number of hydrogen-bond donors (Lipinski definition) is 3. The maximum absolute atomic E-state index is 12.5. The summed E-state index contributed by atoms with van der Waals surface area (Å²) in [4.78, 5) is 23.4. The van der Waals surface area contributed by atoms with Gasteiger partial charge in [0.15, 0.2) is 5.60 Å². The van der Waals surface area contributed by atoms with E-state index in [4.69, 9.17) is 28.3 Å². The topological polar surface area (TPSA) is 86.6 Å². The number of benzene rings is 1. The number of aliphatic carboxylic acids is 1. The lowest BCUT2D eigenvalue weighted by atomic mass is 9.63. The van der Waals surface area contributed by atoms with E-state index in [2.05, 4.69) is 5.32 Å². The van der Waals surface area contributed by atoms with Gasteiger partial charge in [-0.1, -0.05) is 35.7 Å². The minimum atomic E-state index is -2.00. The van der Waals surface area contributed by atoms with Gasteiger partial charge in [0.05, 0.1) is 22.0 Å². The molecule has 1 amide bonds. The fraction of sp³-hybridized carbons (Fsp3) is 0.467. The van der Waals surface area contributed by atoms with Gasteiger partial charge in [-0.15, -0.1) is 0 Å². The predicted molar refractivity (Wildman–Crippen MR) is 83.3 cm³/mol. The van der Waals surface area contributed by atoms with Crippen molar-refractivity contribution in [1.29, 1.82) is 0 Å². The van der Waals surface area contributed by atoms with Gasteiger partial charge < -0.3 is 15.5 Å². The van der Waals surface area contributed by atoms with E-state index >= 15 is 0 Å². The Morgan fingerprint density at radius 3 is 2.41 bits per heavy atom. The van der Waals surface area contributed by atoms with Crippen LogP contribution in [0.4, 0.5) is 0 Å². The third-order valence-electron chi connectivity index (χ3n) is 4.17. The molecule has 0 heterocycles. The zero-order valence-corrected chi connectivity index (χ0v) is 13.5. The zero-order valence-electron chi connectivity index (χ0n) is 12.0. The molecule has 5 nitrogen and oxygen atoms in total. The number of halogens is 2. The van der Waals surface area contributed by atoms with Gasteiger partial charge in [-0.2, -0.15) is 0 Å².